The van der Waals surface area contributed by atoms with Crippen LogP contribution in [-0.2, 0) is 9.59 Å². The number of rotatable bonds is 3. The monoisotopic (exact) mass is 234 g/mol. The van der Waals surface area contributed by atoms with Gasteiger partial charge in [-0.2, -0.15) is 0 Å². The van der Waals surface area contributed by atoms with E-state index in [1.54, 1.807) is 12.1 Å². The first kappa shape index (κ1) is 11.4. The van der Waals surface area contributed by atoms with Crippen LogP contribution in [-0.4, -0.2) is 11.8 Å². The Morgan fingerprint density at radius 2 is 2.12 bits per heavy atom. The van der Waals surface area contributed by atoms with Crippen LogP contribution in [0.4, 0.5) is 0 Å². The van der Waals surface area contributed by atoms with Crippen LogP contribution in [0.3, 0.4) is 0 Å². The van der Waals surface area contributed by atoms with Crippen LogP contribution in [0.25, 0.3) is 6.08 Å². The van der Waals surface area contributed by atoms with E-state index in [1.807, 2.05) is 13.0 Å². The molecule has 2 amide bonds. The Morgan fingerprint density at radius 1 is 1.35 bits per heavy atom. The van der Waals surface area contributed by atoms with Crippen molar-refractivity contribution in [2.45, 2.75) is 19.8 Å². The molecule has 5 heteroatoms. The molecule has 0 unspecified atom stereocenters. The van der Waals surface area contributed by atoms with E-state index in [-0.39, 0.29) is 17.7 Å². The van der Waals surface area contributed by atoms with Crippen molar-refractivity contribution in [1.82, 2.24) is 10.9 Å². The van der Waals surface area contributed by atoms with Crippen molar-refractivity contribution in [2.24, 2.45) is 5.92 Å². The van der Waals surface area contributed by atoms with Crippen LogP contribution in [0.2, 0.25) is 0 Å². The second kappa shape index (κ2) is 4.86. The Hall–Kier alpha value is -2.04. The van der Waals surface area contributed by atoms with Gasteiger partial charge in [-0.25, -0.2) is 0 Å². The lowest BCUT2D eigenvalue weighted by Crippen LogP contribution is -2.41. The fourth-order valence-electron chi connectivity index (χ4n) is 1.31. The van der Waals surface area contributed by atoms with Crippen LogP contribution in [0.5, 0.6) is 0 Å². The third-order valence-electron chi connectivity index (χ3n) is 2.42. The highest BCUT2D eigenvalue weighted by atomic mass is 16.3. The maximum absolute atomic E-state index is 11.3. The summed E-state index contributed by atoms with van der Waals surface area (Å²) in [4.78, 5) is 22.5. The summed E-state index contributed by atoms with van der Waals surface area (Å²) in [6.45, 7) is 1.83. The molecule has 0 spiro atoms. The van der Waals surface area contributed by atoms with Gasteiger partial charge >= 0.3 is 0 Å². The summed E-state index contributed by atoms with van der Waals surface area (Å²) in [5.41, 5.74) is 4.68. The summed E-state index contributed by atoms with van der Waals surface area (Å²) in [5, 5.41) is 0. The minimum absolute atomic E-state index is 0.0759. The number of aryl methyl sites for hydroxylation is 1. The molecular formula is C12H14N2O3. The van der Waals surface area contributed by atoms with Gasteiger partial charge < -0.3 is 4.42 Å². The van der Waals surface area contributed by atoms with Crippen LogP contribution >= 0.6 is 0 Å². The first-order valence-corrected chi connectivity index (χ1v) is 5.49. The van der Waals surface area contributed by atoms with E-state index in [1.165, 1.54) is 6.08 Å². The maximum Gasteiger partial charge on any atom is 0.262 e. The molecule has 0 saturated heterocycles. The average Bonchev–Trinajstić information content (AvgIpc) is 3.07. The van der Waals surface area contributed by atoms with Gasteiger partial charge in [0.15, 0.2) is 0 Å². The molecule has 1 heterocycles. The summed E-state index contributed by atoms with van der Waals surface area (Å²) in [6.07, 6.45) is 4.67. The van der Waals surface area contributed by atoms with Crippen molar-refractivity contribution >= 4 is 17.9 Å². The van der Waals surface area contributed by atoms with Crippen LogP contribution in [0, 0.1) is 12.8 Å². The van der Waals surface area contributed by atoms with E-state index in [2.05, 4.69) is 10.9 Å². The molecule has 17 heavy (non-hydrogen) atoms. The highest BCUT2D eigenvalue weighted by Crippen LogP contribution is 2.28. The number of hydrogen-bond donors (Lipinski definition) is 2. The highest BCUT2D eigenvalue weighted by Gasteiger charge is 2.29. The number of hydrazine groups is 1. The number of furan rings is 1. The average molecular weight is 234 g/mol. The first-order valence-electron chi connectivity index (χ1n) is 5.49. The lowest BCUT2D eigenvalue weighted by atomic mass is 10.4. The van der Waals surface area contributed by atoms with Gasteiger partial charge in [0.25, 0.3) is 5.91 Å². The maximum atomic E-state index is 11.3. The van der Waals surface area contributed by atoms with Crippen LogP contribution in [0.1, 0.15) is 24.4 Å². The quantitative estimate of drug-likeness (QED) is 0.609. The molecule has 5 nitrogen and oxygen atoms in total. The van der Waals surface area contributed by atoms with Crippen molar-refractivity contribution in [1.29, 1.82) is 0 Å². The molecule has 0 aromatic carbocycles. The number of hydrogen-bond acceptors (Lipinski definition) is 3. The van der Waals surface area contributed by atoms with Gasteiger partial charge in [-0.05, 0) is 38.0 Å². The van der Waals surface area contributed by atoms with Gasteiger partial charge in [0, 0.05) is 12.0 Å². The molecule has 90 valence electrons. The zero-order valence-electron chi connectivity index (χ0n) is 9.53. The van der Waals surface area contributed by atoms with E-state index in [0.29, 0.717) is 5.76 Å². The van der Waals surface area contributed by atoms with Gasteiger partial charge in [-0.3, -0.25) is 20.4 Å². The molecule has 1 saturated carbocycles. The Kier molecular flexibility index (Phi) is 3.27. The molecular weight excluding hydrogens is 220 g/mol. The van der Waals surface area contributed by atoms with Crippen molar-refractivity contribution in [2.75, 3.05) is 0 Å². The predicted octanol–water partition coefficient (Wildman–Crippen LogP) is 1.16. The largest absolute Gasteiger partial charge is 0.462 e. The Labute approximate surface area is 98.8 Å². The fourth-order valence-corrected chi connectivity index (χ4v) is 1.31. The van der Waals surface area contributed by atoms with E-state index >= 15 is 0 Å². The lowest BCUT2D eigenvalue weighted by Gasteiger charge is -2.02. The summed E-state index contributed by atoms with van der Waals surface area (Å²) in [6, 6.07) is 3.58. The van der Waals surface area contributed by atoms with Gasteiger partial charge in [-0.15, -0.1) is 0 Å². The zero-order valence-corrected chi connectivity index (χ0v) is 9.53. The van der Waals surface area contributed by atoms with E-state index in [9.17, 15) is 9.59 Å². The molecule has 0 aliphatic heterocycles. The SMILES string of the molecule is Cc1ccc(C=CC(=O)NNC(=O)C2CC2)o1. The van der Waals surface area contributed by atoms with E-state index < -0.39 is 0 Å². The Balaban J connectivity index is 1.76. The minimum atomic E-state index is -0.381. The van der Waals surface area contributed by atoms with E-state index in [4.69, 9.17) is 4.42 Å². The van der Waals surface area contributed by atoms with Crippen LogP contribution < -0.4 is 10.9 Å². The molecule has 1 aliphatic rings. The molecule has 1 aromatic rings. The van der Waals surface area contributed by atoms with Gasteiger partial charge in [0.2, 0.25) is 5.91 Å². The molecule has 0 atom stereocenters. The minimum Gasteiger partial charge on any atom is -0.462 e. The Bertz CT molecular complexity index is 458. The standard InChI is InChI=1S/C12H14N2O3/c1-8-2-5-10(17-8)6-7-11(15)13-14-12(16)9-3-4-9/h2,5-7,9H,3-4H2,1H3,(H,13,15)(H,14,16). The van der Waals surface area contributed by atoms with Crippen molar-refractivity contribution in [3.8, 4) is 0 Å². The third-order valence-corrected chi connectivity index (χ3v) is 2.42. The topological polar surface area (TPSA) is 71.3 Å². The van der Waals surface area contributed by atoms with Gasteiger partial charge in [0.05, 0.1) is 0 Å². The highest BCUT2D eigenvalue weighted by molar-refractivity contribution is 5.93. The van der Waals surface area contributed by atoms with Gasteiger partial charge in [0.1, 0.15) is 11.5 Å². The zero-order chi connectivity index (χ0) is 12.3. The third kappa shape index (κ3) is 3.48. The predicted molar refractivity (Wildman–Crippen MR) is 61.5 cm³/mol. The fraction of sp³-hybridized carbons (Fsp3) is 0.333. The Morgan fingerprint density at radius 3 is 2.71 bits per heavy atom. The van der Waals surface area contributed by atoms with Crippen LogP contribution in [0.15, 0.2) is 22.6 Å². The second-order valence-electron chi connectivity index (χ2n) is 4.03. The lowest BCUT2D eigenvalue weighted by molar-refractivity contribution is -0.127. The van der Waals surface area contributed by atoms with Crippen molar-refractivity contribution < 1.29 is 14.0 Å². The summed E-state index contributed by atoms with van der Waals surface area (Å²) < 4.78 is 5.25. The van der Waals surface area contributed by atoms with E-state index in [0.717, 1.165) is 18.6 Å². The molecule has 1 aliphatic carbocycles. The molecule has 1 aromatic heterocycles. The molecule has 0 bridgehead atoms. The smallest absolute Gasteiger partial charge is 0.262 e. The molecule has 1 fully saturated rings. The summed E-state index contributed by atoms with van der Waals surface area (Å²) in [5.74, 6) is 0.957. The normalized spacial score (nSPS) is 14.9. The van der Waals surface area contributed by atoms with Crippen molar-refractivity contribution in [3.05, 3.63) is 29.7 Å². The number of carbonyl (C=O) groups excluding carboxylic acids is 2. The first-order chi connectivity index (χ1) is 8.15. The molecule has 0 radical (unpaired) electrons. The number of amides is 2. The number of carbonyl (C=O) groups is 2. The summed E-state index contributed by atoms with van der Waals surface area (Å²) >= 11 is 0. The summed E-state index contributed by atoms with van der Waals surface area (Å²) in [7, 11) is 0. The molecule has 2 rings (SSSR count). The molecule has 2 N–H and O–H groups in total. The number of nitrogens with one attached hydrogen (secondary N) is 2. The van der Waals surface area contributed by atoms with Gasteiger partial charge in [-0.1, -0.05) is 0 Å². The second-order valence-corrected chi connectivity index (χ2v) is 4.03. The van der Waals surface area contributed by atoms with Crippen molar-refractivity contribution in [3.63, 3.8) is 0 Å².